The molecule has 1 aliphatic heterocycles. The number of benzene rings is 1. The molecule has 2 atom stereocenters. The van der Waals surface area contributed by atoms with Crippen LogP contribution < -0.4 is 10.6 Å². The quantitative estimate of drug-likeness (QED) is 0.794. The number of aromatic carboxylic acids is 1. The summed E-state index contributed by atoms with van der Waals surface area (Å²) < 4.78 is 0. The molecule has 3 N–H and O–H groups in total. The molecule has 6 heteroatoms. The van der Waals surface area contributed by atoms with Gasteiger partial charge in [0.1, 0.15) is 0 Å². The lowest BCUT2D eigenvalue weighted by atomic mass is 9.94. The molecule has 2 rings (SSSR count). The molecule has 1 aliphatic rings. The average Bonchev–Trinajstić information content (AvgIpc) is 2.42. The Balaban J connectivity index is 1.98. The molecule has 1 aromatic carbocycles. The number of rotatable bonds is 3. The zero-order chi connectivity index (χ0) is 15.4. The van der Waals surface area contributed by atoms with E-state index in [4.69, 9.17) is 5.11 Å². The molecule has 21 heavy (non-hydrogen) atoms. The van der Waals surface area contributed by atoms with Gasteiger partial charge in [-0.05, 0) is 38.1 Å². The van der Waals surface area contributed by atoms with Crippen LogP contribution in [0.4, 0.5) is 10.5 Å². The van der Waals surface area contributed by atoms with E-state index >= 15 is 0 Å². The Bertz CT molecular complexity index is 533. The fourth-order valence-electron chi connectivity index (χ4n) is 2.67. The number of carboxylic acids is 1. The van der Waals surface area contributed by atoms with E-state index in [2.05, 4.69) is 29.5 Å². The number of carbonyl (C=O) groups is 2. The van der Waals surface area contributed by atoms with Crippen LogP contribution in [0, 0.1) is 5.92 Å². The second-order valence-corrected chi connectivity index (χ2v) is 5.58. The highest BCUT2D eigenvalue weighted by Crippen LogP contribution is 2.17. The van der Waals surface area contributed by atoms with Crippen LogP contribution >= 0.6 is 0 Å². The molecule has 0 spiro atoms. The molecule has 1 saturated heterocycles. The van der Waals surface area contributed by atoms with Crippen molar-refractivity contribution in [3.8, 4) is 0 Å². The van der Waals surface area contributed by atoms with Gasteiger partial charge in [-0.15, -0.1) is 0 Å². The minimum atomic E-state index is -1.06. The van der Waals surface area contributed by atoms with E-state index in [1.54, 1.807) is 18.2 Å². The highest BCUT2D eigenvalue weighted by molar-refractivity contribution is 6.00. The SMILES string of the molecule is CC1CN(C)CCC1NC(=O)Nc1ccccc1C(=O)O. The first-order valence-electron chi connectivity index (χ1n) is 7.05. The van der Waals surface area contributed by atoms with Gasteiger partial charge in [-0.1, -0.05) is 19.1 Å². The number of carboxylic acid groups (broad SMARTS) is 1. The van der Waals surface area contributed by atoms with E-state index in [-0.39, 0.29) is 17.6 Å². The molecule has 1 fully saturated rings. The largest absolute Gasteiger partial charge is 0.478 e. The molecule has 0 aliphatic carbocycles. The van der Waals surface area contributed by atoms with E-state index in [1.165, 1.54) is 6.07 Å². The lowest BCUT2D eigenvalue weighted by molar-refractivity contribution is 0.0698. The van der Waals surface area contributed by atoms with Crippen molar-refractivity contribution in [2.75, 3.05) is 25.5 Å². The number of nitrogens with zero attached hydrogens (tertiary/aromatic N) is 1. The van der Waals surface area contributed by atoms with Gasteiger partial charge in [0, 0.05) is 12.6 Å². The number of amides is 2. The fourth-order valence-corrected chi connectivity index (χ4v) is 2.67. The Morgan fingerprint density at radius 2 is 2.05 bits per heavy atom. The third-order valence-electron chi connectivity index (χ3n) is 3.83. The molecule has 114 valence electrons. The van der Waals surface area contributed by atoms with Gasteiger partial charge in [0.2, 0.25) is 0 Å². The highest BCUT2D eigenvalue weighted by atomic mass is 16.4. The number of piperidine rings is 1. The van der Waals surface area contributed by atoms with Crippen molar-refractivity contribution in [2.45, 2.75) is 19.4 Å². The number of hydrogen-bond donors (Lipinski definition) is 3. The predicted octanol–water partition coefficient (Wildman–Crippen LogP) is 1.85. The van der Waals surface area contributed by atoms with E-state index in [0.717, 1.165) is 19.5 Å². The van der Waals surface area contributed by atoms with Crippen molar-refractivity contribution in [3.05, 3.63) is 29.8 Å². The number of urea groups is 1. The van der Waals surface area contributed by atoms with Crippen LogP contribution in [-0.4, -0.2) is 48.2 Å². The summed E-state index contributed by atoms with van der Waals surface area (Å²) in [5.74, 6) is -0.692. The summed E-state index contributed by atoms with van der Waals surface area (Å²) >= 11 is 0. The summed E-state index contributed by atoms with van der Waals surface area (Å²) in [5.41, 5.74) is 0.396. The molecule has 0 radical (unpaired) electrons. The topological polar surface area (TPSA) is 81.7 Å². The number of nitrogens with one attached hydrogen (secondary N) is 2. The van der Waals surface area contributed by atoms with E-state index < -0.39 is 5.97 Å². The number of hydrogen-bond acceptors (Lipinski definition) is 3. The summed E-state index contributed by atoms with van der Waals surface area (Å²) in [4.78, 5) is 25.4. The van der Waals surface area contributed by atoms with Crippen LogP contribution in [0.1, 0.15) is 23.7 Å². The van der Waals surface area contributed by atoms with Gasteiger partial charge >= 0.3 is 12.0 Å². The summed E-state index contributed by atoms with van der Waals surface area (Å²) in [6, 6.07) is 6.13. The third kappa shape index (κ3) is 3.95. The third-order valence-corrected chi connectivity index (χ3v) is 3.83. The minimum Gasteiger partial charge on any atom is -0.478 e. The molecule has 0 bridgehead atoms. The molecule has 6 nitrogen and oxygen atoms in total. The molecule has 0 saturated carbocycles. The summed E-state index contributed by atoms with van der Waals surface area (Å²) in [6.45, 7) is 3.99. The van der Waals surface area contributed by atoms with Crippen LogP contribution in [0.25, 0.3) is 0 Å². The van der Waals surface area contributed by atoms with Crippen molar-refractivity contribution in [3.63, 3.8) is 0 Å². The first-order valence-corrected chi connectivity index (χ1v) is 7.05. The van der Waals surface area contributed by atoms with E-state index in [9.17, 15) is 9.59 Å². The number of carbonyl (C=O) groups excluding carboxylic acids is 1. The van der Waals surface area contributed by atoms with Crippen molar-refractivity contribution >= 4 is 17.7 Å². The Morgan fingerprint density at radius 1 is 1.33 bits per heavy atom. The Labute approximate surface area is 124 Å². The minimum absolute atomic E-state index is 0.0871. The maximum Gasteiger partial charge on any atom is 0.337 e. The average molecular weight is 291 g/mol. The van der Waals surface area contributed by atoms with Crippen LogP contribution in [-0.2, 0) is 0 Å². The Hall–Kier alpha value is -2.08. The molecule has 0 aromatic heterocycles. The second-order valence-electron chi connectivity index (χ2n) is 5.58. The van der Waals surface area contributed by atoms with Crippen LogP contribution in [0.3, 0.4) is 0 Å². The first-order chi connectivity index (χ1) is 9.97. The second kappa shape index (κ2) is 6.58. The van der Waals surface area contributed by atoms with Crippen molar-refractivity contribution in [1.29, 1.82) is 0 Å². The van der Waals surface area contributed by atoms with Crippen LogP contribution in [0.5, 0.6) is 0 Å². The smallest absolute Gasteiger partial charge is 0.337 e. The van der Waals surface area contributed by atoms with E-state index in [0.29, 0.717) is 11.6 Å². The Morgan fingerprint density at radius 3 is 2.71 bits per heavy atom. The van der Waals surface area contributed by atoms with Gasteiger partial charge < -0.3 is 20.6 Å². The zero-order valence-electron chi connectivity index (χ0n) is 12.3. The lowest BCUT2D eigenvalue weighted by Gasteiger charge is -2.35. The molecule has 1 aromatic rings. The van der Waals surface area contributed by atoms with E-state index in [1.807, 2.05) is 0 Å². The lowest BCUT2D eigenvalue weighted by Crippen LogP contribution is -2.50. The molecular weight excluding hydrogens is 270 g/mol. The fraction of sp³-hybridized carbons (Fsp3) is 0.467. The Kier molecular flexibility index (Phi) is 4.80. The highest BCUT2D eigenvalue weighted by Gasteiger charge is 2.25. The van der Waals surface area contributed by atoms with Crippen molar-refractivity contribution in [2.24, 2.45) is 5.92 Å². The van der Waals surface area contributed by atoms with Gasteiger partial charge in [0.25, 0.3) is 0 Å². The summed E-state index contributed by atoms with van der Waals surface area (Å²) in [5, 5.41) is 14.7. The molecule has 2 unspecified atom stereocenters. The zero-order valence-corrected chi connectivity index (χ0v) is 12.3. The van der Waals surface area contributed by atoms with Gasteiger partial charge in [-0.2, -0.15) is 0 Å². The number of anilines is 1. The van der Waals surface area contributed by atoms with Crippen molar-refractivity contribution in [1.82, 2.24) is 10.2 Å². The van der Waals surface area contributed by atoms with Gasteiger partial charge in [-0.25, -0.2) is 9.59 Å². The van der Waals surface area contributed by atoms with Crippen LogP contribution in [0.15, 0.2) is 24.3 Å². The van der Waals surface area contributed by atoms with Crippen LogP contribution in [0.2, 0.25) is 0 Å². The monoisotopic (exact) mass is 291 g/mol. The standard InChI is InChI=1S/C15H21N3O3/c1-10-9-18(2)8-7-12(10)16-15(21)17-13-6-4-3-5-11(13)14(19)20/h3-6,10,12H,7-9H2,1-2H3,(H,19,20)(H2,16,17,21). The van der Waals surface area contributed by atoms with Gasteiger partial charge in [0.15, 0.2) is 0 Å². The van der Waals surface area contributed by atoms with Crippen molar-refractivity contribution < 1.29 is 14.7 Å². The predicted molar refractivity (Wildman–Crippen MR) is 80.6 cm³/mol. The molecular formula is C15H21N3O3. The number of para-hydroxylation sites is 1. The maximum atomic E-state index is 12.1. The summed E-state index contributed by atoms with van der Waals surface area (Å²) in [6.07, 6.45) is 0.895. The maximum absolute atomic E-state index is 12.1. The first kappa shape index (κ1) is 15.3. The molecule has 2 amide bonds. The number of likely N-dealkylation sites (tertiary alicyclic amines) is 1. The molecule has 1 heterocycles. The summed E-state index contributed by atoms with van der Waals surface area (Å²) in [7, 11) is 2.07. The normalized spacial score (nSPS) is 22.6. The van der Waals surface area contributed by atoms with Gasteiger partial charge in [-0.3, -0.25) is 0 Å². The van der Waals surface area contributed by atoms with Gasteiger partial charge in [0.05, 0.1) is 11.3 Å².